The van der Waals surface area contributed by atoms with Crippen LogP contribution in [0, 0.1) is 0 Å². The summed E-state index contributed by atoms with van der Waals surface area (Å²) >= 11 is -2.47. The maximum absolute atomic E-state index is 6.61. The quantitative estimate of drug-likeness (QED) is 0.357. The van der Waals surface area contributed by atoms with E-state index in [-0.39, 0.29) is 3.63 Å². The first kappa shape index (κ1) is 19.4. The van der Waals surface area contributed by atoms with E-state index in [2.05, 4.69) is 81.4 Å². The van der Waals surface area contributed by atoms with E-state index in [1.54, 1.807) is 0 Å². The fraction of sp³-hybridized carbons (Fsp3) is 0.250. The van der Waals surface area contributed by atoms with Crippen molar-refractivity contribution in [1.82, 2.24) is 0 Å². The number of hydrogen-bond acceptors (Lipinski definition) is 0. The van der Waals surface area contributed by atoms with Gasteiger partial charge in [0.25, 0.3) is 0 Å². The minimum absolute atomic E-state index is 0.286. The van der Waals surface area contributed by atoms with Gasteiger partial charge in [0.15, 0.2) is 0 Å². The van der Waals surface area contributed by atoms with Crippen molar-refractivity contribution in [3.05, 3.63) is 76.9 Å². The van der Waals surface area contributed by atoms with Crippen LogP contribution in [-0.2, 0) is 19.4 Å². The van der Waals surface area contributed by atoms with Crippen molar-refractivity contribution < 1.29 is 19.4 Å². The number of rotatable bonds is 4. The second-order valence-corrected chi connectivity index (χ2v) is 16.4. The van der Waals surface area contributed by atoms with Gasteiger partial charge in [-0.3, -0.25) is 0 Å². The molecule has 0 N–H and O–H groups in total. The average Bonchev–Trinajstić information content (AvgIpc) is 3.05. The van der Waals surface area contributed by atoms with E-state index < -0.39 is 19.4 Å². The minimum atomic E-state index is -2.47. The van der Waals surface area contributed by atoms with Crippen molar-refractivity contribution in [2.45, 2.75) is 36.7 Å². The van der Waals surface area contributed by atoms with Gasteiger partial charge < -0.3 is 0 Å². The molecular formula is C24H23Cl2Zr. The van der Waals surface area contributed by atoms with Crippen molar-refractivity contribution in [2.75, 3.05) is 0 Å². The predicted octanol–water partition coefficient (Wildman–Crippen LogP) is 8.40. The molecule has 4 rings (SSSR count). The zero-order valence-corrected chi connectivity index (χ0v) is 19.9. The van der Waals surface area contributed by atoms with E-state index in [0.29, 0.717) is 5.92 Å². The zero-order valence-electron chi connectivity index (χ0n) is 15.9. The van der Waals surface area contributed by atoms with Gasteiger partial charge in [-0.05, 0) is 0 Å². The molecule has 0 bridgehead atoms. The Morgan fingerprint density at radius 1 is 0.963 bits per heavy atom. The average molecular weight is 474 g/mol. The molecule has 0 radical (unpaired) electrons. The summed E-state index contributed by atoms with van der Waals surface area (Å²) in [5, 5.41) is 2.55. The molecule has 3 aromatic carbocycles. The third-order valence-electron chi connectivity index (χ3n) is 5.60. The van der Waals surface area contributed by atoms with Crippen LogP contribution in [0.5, 0.6) is 0 Å². The summed E-state index contributed by atoms with van der Waals surface area (Å²) in [7, 11) is 13.2. The van der Waals surface area contributed by atoms with Gasteiger partial charge in [-0.15, -0.1) is 0 Å². The van der Waals surface area contributed by atoms with Gasteiger partial charge in [0, 0.05) is 0 Å². The van der Waals surface area contributed by atoms with Gasteiger partial charge in [0.1, 0.15) is 0 Å². The molecule has 3 heteroatoms. The Morgan fingerprint density at radius 3 is 2.37 bits per heavy atom. The molecule has 1 atom stereocenters. The van der Waals surface area contributed by atoms with Gasteiger partial charge in [0.2, 0.25) is 0 Å². The van der Waals surface area contributed by atoms with Gasteiger partial charge >= 0.3 is 178 Å². The Hall–Kier alpha value is -0.877. The summed E-state index contributed by atoms with van der Waals surface area (Å²) in [6, 6.07) is 20.0. The maximum atomic E-state index is 6.61. The molecule has 0 aliphatic heterocycles. The first-order chi connectivity index (χ1) is 13.0. The number of hydrogen-bond donors (Lipinski definition) is 0. The van der Waals surface area contributed by atoms with Crippen LogP contribution in [0.3, 0.4) is 0 Å². The normalized spacial score (nSPS) is 15.9. The Kier molecular flexibility index (Phi) is 5.66. The van der Waals surface area contributed by atoms with E-state index in [1.807, 2.05) is 0 Å². The summed E-state index contributed by atoms with van der Waals surface area (Å²) in [6.45, 7) is 6.72. The molecule has 1 aliphatic carbocycles. The summed E-state index contributed by atoms with van der Waals surface area (Å²) in [6.07, 6.45) is 3.37. The Morgan fingerprint density at radius 2 is 1.70 bits per heavy atom. The Bertz CT molecular complexity index is 1030. The predicted molar refractivity (Wildman–Crippen MR) is 116 cm³/mol. The SMILES string of the molecule is CCC1=Cc2c(-c3ccc4ccccc4c3)cc(C(C)C)cc2[CH]1[Zr]([Cl])[Cl]. The monoisotopic (exact) mass is 471 g/mol. The van der Waals surface area contributed by atoms with Gasteiger partial charge in [-0.1, -0.05) is 0 Å². The van der Waals surface area contributed by atoms with E-state index in [9.17, 15) is 0 Å². The van der Waals surface area contributed by atoms with Crippen molar-refractivity contribution in [1.29, 1.82) is 0 Å². The molecule has 0 spiro atoms. The van der Waals surface area contributed by atoms with Crippen LogP contribution < -0.4 is 0 Å². The number of benzene rings is 3. The fourth-order valence-electron chi connectivity index (χ4n) is 4.06. The molecule has 3 aromatic rings. The third-order valence-corrected chi connectivity index (χ3v) is 10.9. The van der Waals surface area contributed by atoms with Crippen LogP contribution in [0.15, 0.2) is 60.2 Å². The summed E-state index contributed by atoms with van der Waals surface area (Å²) in [5.41, 5.74) is 8.05. The van der Waals surface area contributed by atoms with Crippen LogP contribution in [0.2, 0.25) is 0 Å². The van der Waals surface area contributed by atoms with E-state index in [1.165, 1.54) is 44.2 Å². The third kappa shape index (κ3) is 3.60. The molecule has 1 aliphatic rings. The van der Waals surface area contributed by atoms with Crippen LogP contribution >= 0.6 is 17.0 Å². The van der Waals surface area contributed by atoms with Crippen LogP contribution in [-0.4, -0.2) is 0 Å². The summed E-state index contributed by atoms with van der Waals surface area (Å²) in [4.78, 5) is 0. The second kappa shape index (κ2) is 7.86. The first-order valence-corrected chi connectivity index (χ1v) is 17.3. The molecule has 0 fully saturated rings. The number of allylic oxidation sites excluding steroid dienone is 1. The Balaban J connectivity index is 1.97. The molecule has 0 saturated carbocycles. The number of fused-ring (bicyclic) bond motifs is 2. The molecule has 1 unspecified atom stereocenters. The van der Waals surface area contributed by atoms with Crippen molar-refractivity contribution in [2.24, 2.45) is 0 Å². The van der Waals surface area contributed by atoms with E-state index in [4.69, 9.17) is 17.0 Å². The fourth-order valence-corrected chi connectivity index (χ4v) is 9.67. The Labute approximate surface area is 177 Å². The number of halogens is 2. The van der Waals surface area contributed by atoms with Crippen molar-refractivity contribution in [3.63, 3.8) is 0 Å². The molecule has 27 heavy (non-hydrogen) atoms. The standard InChI is InChI=1S/C24H23.2ClH.Zr/c1-4-17-11-22-14-21(16(2)3)15-24(23(22)12-17)20-10-9-18-7-5-6-8-19(18)13-20;;;/h5-16H,4H2,1-3H3;2*1H;/q;;;+2/p-2. The summed E-state index contributed by atoms with van der Waals surface area (Å²) < 4.78 is 0.286. The molecule has 0 nitrogen and oxygen atoms in total. The molecule has 0 heterocycles. The van der Waals surface area contributed by atoms with Crippen molar-refractivity contribution >= 4 is 33.9 Å². The van der Waals surface area contributed by atoms with E-state index >= 15 is 0 Å². The topological polar surface area (TPSA) is 0 Å². The molecule has 0 amide bonds. The summed E-state index contributed by atoms with van der Waals surface area (Å²) in [5.74, 6) is 0.471. The molecular weight excluding hydrogens is 450 g/mol. The van der Waals surface area contributed by atoms with Gasteiger partial charge in [-0.2, -0.15) is 0 Å². The molecule has 137 valence electrons. The van der Waals surface area contributed by atoms with Gasteiger partial charge in [0.05, 0.1) is 0 Å². The molecule has 0 aromatic heterocycles. The van der Waals surface area contributed by atoms with Crippen LogP contribution in [0.4, 0.5) is 0 Å². The second-order valence-electron chi connectivity index (χ2n) is 7.58. The first-order valence-electron chi connectivity index (χ1n) is 9.55. The zero-order chi connectivity index (χ0) is 19.1. The van der Waals surface area contributed by atoms with E-state index in [0.717, 1.165) is 6.42 Å². The molecule has 0 saturated heterocycles. The van der Waals surface area contributed by atoms with Gasteiger partial charge in [-0.25, -0.2) is 0 Å². The van der Waals surface area contributed by atoms with Crippen molar-refractivity contribution in [3.8, 4) is 11.1 Å². The van der Waals surface area contributed by atoms with Crippen LogP contribution in [0.25, 0.3) is 28.0 Å². The van der Waals surface area contributed by atoms with Crippen LogP contribution in [0.1, 0.15) is 53.4 Å².